The summed E-state index contributed by atoms with van der Waals surface area (Å²) >= 11 is 0. The van der Waals surface area contributed by atoms with Gasteiger partial charge in [0.25, 0.3) is 0 Å². The normalized spacial score (nSPS) is 34.5. The molecule has 3 aliphatic rings. The SMILES string of the molecule is O=C(O)[C@H]1CCCC[C@H]1C(=O)N[C@H]1CCCC[C@@H]1NC(=O)[C@@H]1CCCC[C@H]1C(=O)O. The summed E-state index contributed by atoms with van der Waals surface area (Å²) in [7, 11) is 0. The average molecular weight is 423 g/mol. The second-order valence-electron chi connectivity index (χ2n) is 9.19. The molecular formula is C22H34N2O6. The van der Waals surface area contributed by atoms with Gasteiger partial charge in [0.1, 0.15) is 0 Å². The van der Waals surface area contributed by atoms with Crippen LogP contribution in [-0.2, 0) is 19.2 Å². The first-order valence-electron chi connectivity index (χ1n) is 11.4. The van der Waals surface area contributed by atoms with E-state index in [4.69, 9.17) is 0 Å². The zero-order chi connectivity index (χ0) is 21.7. The van der Waals surface area contributed by atoms with E-state index in [2.05, 4.69) is 10.6 Å². The lowest BCUT2D eigenvalue weighted by Gasteiger charge is -2.37. The van der Waals surface area contributed by atoms with E-state index in [0.717, 1.165) is 51.4 Å². The Bertz CT molecular complexity index is 610. The lowest BCUT2D eigenvalue weighted by molar-refractivity contribution is -0.149. The first-order chi connectivity index (χ1) is 14.4. The maximum absolute atomic E-state index is 12.9. The molecule has 0 unspecified atom stereocenters. The van der Waals surface area contributed by atoms with Crippen LogP contribution in [0.4, 0.5) is 0 Å². The Labute approximate surface area is 177 Å². The number of hydrogen-bond donors (Lipinski definition) is 4. The number of amides is 2. The van der Waals surface area contributed by atoms with Crippen molar-refractivity contribution < 1.29 is 29.4 Å². The van der Waals surface area contributed by atoms with E-state index < -0.39 is 35.6 Å². The zero-order valence-electron chi connectivity index (χ0n) is 17.5. The molecule has 0 heterocycles. The minimum atomic E-state index is -0.916. The molecule has 8 heteroatoms. The molecule has 4 N–H and O–H groups in total. The predicted octanol–water partition coefficient (Wildman–Crippen LogP) is 2.31. The molecule has 3 fully saturated rings. The van der Waals surface area contributed by atoms with Crippen LogP contribution in [0.15, 0.2) is 0 Å². The highest BCUT2D eigenvalue weighted by Gasteiger charge is 2.40. The molecule has 8 nitrogen and oxygen atoms in total. The number of aliphatic carboxylic acids is 2. The maximum atomic E-state index is 12.9. The quantitative estimate of drug-likeness (QED) is 0.519. The van der Waals surface area contributed by atoms with Crippen molar-refractivity contribution >= 4 is 23.8 Å². The second-order valence-corrected chi connectivity index (χ2v) is 9.19. The van der Waals surface area contributed by atoms with Crippen molar-refractivity contribution in [3.05, 3.63) is 0 Å². The molecule has 0 aromatic carbocycles. The predicted molar refractivity (Wildman–Crippen MR) is 108 cm³/mol. The van der Waals surface area contributed by atoms with Gasteiger partial charge in [0.15, 0.2) is 0 Å². The number of rotatable bonds is 6. The van der Waals surface area contributed by atoms with Gasteiger partial charge in [0.05, 0.1) is 23.7 Å². The average Bonchev–Trinajstić information content (AvgIpc) is 2.75. The Morgan fingerprint density at radius 2 is 0.800 bits per heavy atom. The summed E-state index contributed by atoms with van der Waals surface area (Å²) < 4.78 is 0. The smallest absolute Gasteiger partial charge is 0.307 e. The van der Waals surface area contributed by atoms with Gasteiger partial charge in [-0.3, -0.25) is 19.2 Å². The molecule has 0 radical (unpaired) electrons. The number of nitrogens with one attached hydrogen (secondary N) is 2. The van der Waals surface area contributed by atoms with E-state index in [-0.39, 0.29) is 23.9 Å². The topological polar surface area (TPSA) is 133 Å². The van der Waals surface area contributed by atoms with Crippen molar-refractivity contribution in [1.82, 2.24) is 10.6 Å². The Morgan fingerprint density at radius 3 is 1.13 bits per heavy atom. The Kier molecular flexibility index (Phi) is 7.72. The van der Waals surface area contributed by atoms with E-state index in [9.17, 15) is 29.4 Å². The zero-order valence-corrected chi connectivity index (χ0v) is 17.5. The molecule has 0 aromatic heterocycles. The molecule has 3 saturated carbocycles. The lowest BCUT2D eigenvalue weighted by Crippen LogP contribution is -2.56. The number of carboxylic acid groups (broad SMARTS) is 2. The molecular weight excluding hydrogens is 388 g/mol. The second kappa shape index (κ2) is 10.3. The van der Waals surface area contributed by atoms with E-state index in [1.54, 1.807) is 0 Å². The number of carbonyl (C=O) groups is 4. The van der Waals surface area contributed by atoms with Gasteiger partial charge < -0.3 is 20.8 Å². The minimum Gasteiger partial charge on any atom is -0.481 e. The Balaban J connectivity index is 1.63. The first kappa shape index (κ1) is 22.6. The molecule has 3 rings (SSSR count). The Morgan fingerprint density at radius 1 is 0.500 bits per heavy atom. The number of hydrogen-bond acceptors (Lipinski definition) is 4. The minimum absolute atomic E-state index is 0.227. The molecule has 0 spiro atoms. The van der Waals surface area contributed by atoms with Crippen molar-refractivity contribution in [2.24, 2.45) is 23.7 Å². The molecule has 6 atom stereocenters. The van der Waals surface area contributed by atoms with Crippen LogP contribution in [0.3, 0.4) is 0 Å². The fraction of sp³-hybridized carbons (Fsp3) is 0.818. The van der Waals surface area contributed by atoms with E-state index in [1.807, 2.05) is 0 Å². The van der Waals surface area contributed by atoms with Crippen LogP contribution >= 0.6 is 0 Å². The molecule has 3 aliphatic carbocycles. The molecule has 0 bridgehead atoms. The van der Waals surface area contributed by atoms with Crippen LogP contribution in [0.1, 0.15) is 77.0 Å². The van der Waals surface area contributed by atoms with Crippen LogP contribution in [-0.4, -0.2) is 46.0 Å². The summed E-state index contributed by atoms with van der Waals surface area (Å²) in [6, 6.07) is -0.475. The van der Waals surface area contributed by atoms with Gasteiger partial charge >= 0.3 is 11.9 Å². The van der Waals surface area contributed by atoms with E-state index in [1.165, 1.54) is 0 Å². The first-order valence-corrected chi connectivity index (χ1v) is 11.4. The molecule has 0 aliphatic heterocycles. The van der Waals surface area contributed by atoms with Crippen LogP contribution in [0.25, 0.3) is 0 Å². The van der Waals surface area contributed by atoms with Gasteiger partial charge in [-0.25, -0.2) is 0 Å². The summed E-state index contributed by atoms with van der Waals surface area (Å²) in [5.74, 6) is -4.62. The van der Waals surface area contributed by atoms with Gasteiger partial charge in [-0.1, -0.05) is 38.5 Å². The highest BCUT2D eigenvalue weighted by atomic mass is 16.4. The number of carbonyl (C=O) groups excluding carboxylic acids is 2. The van der Waals surface area contributed by atoms with E-state index >= 15 is 0 Å². The van der Waals surface area contributed by atoms with Crippen LogP contribution < -0.4 is 10.6 Å². The van der Waals surface area contributed by atoms with Gasteiger partial charge in [0, 0.05) is 12.1 Å². The van der Waals surface area contributed by atoms with Crippen LogP contribution in [0.5, 0.6) is 0 Å². The highest BCUT2D eigenvalue weighted by molar-refractivity contribution is 5.86. The summed E-state index contributed by atoms with van der Waals surface area (Å²) in [5.41, 5.74) is 0. The van der Waals surface area contributed by atoms with Crippen molar-refractivity contribution in [3.8, 4) is 0 Å². The molecule has 30 heavy (non-hydrogen) atoms. The fourth-order valence-corrected chi connectivity index (χ4v) is 5.54. The third-order valence-corrected chi connectivity index (χ3v) is 7.26. The van der Waals surface area contributed by atoms with Gasteiger partial charge in [-0.05, 0) is 38.5 Å². The summed E-state index contributed by atoms with van der Waals surface area (Å²) in [5, 5.41) is 25.0. The monoisotopic (exact) mass is 422 g/mol. The number of carboxylic acids is 2. The molecule has 168 valence electrons. The third-order valence-electron chi connectivity index (χ3n) is 7.26. The van der Waals surface area contributed by atoms with Gasteiger partial charge in [-0.15, -0.1) is 0 Å². The van der Waals surface area contributed by atoms with Gasteiger partial charge in [0.2, 0.25) is 11.8 Å². The summed E-state index contributed by atoms with van der Waals surface area (Å²) in [6.07, 6.45) is 8.90. The standard InChI is InChI=1S/C22H34N2O6/c25-19(13-7-1-3-9-15(13)21(27)28)23-17-11-5-6-12-18(17)24-20(26)14-8-2-4-10-16(14)22(29)30/h13-18H,1-12H2,(H,23,25)(H,24,26)(H,27,28)(H,29,30)/t13-,14-,15-,16+,17+,18+/m1/s1. The molecule has 0 saturated heterocycles. The summed E-state index contributed by atoms with van der Waals surface area (Å²) in [6.45, 7) is 0. The maximum Gasteiger partial charge on any atom is 0.307 e. The fourth-order valence-electron chi connectivity index (χ4n) is 5.54. The van der Waals surface area contributed by atoms with Crippen molar-refractivity contribution in [3.63, 3.8) is 0 Å². The van der Waals surface area contributed by atoms with Crippen molar-refractivity contribution in [1.29, 1.82) is 0 Å². The van der Waals surface area contributed by atoms with Crippen molar-refractivity contribution in [2.75, 3.05) is 0 Å². The van der Waals surface area contributed by atoms with Crippen LogP contribution in [0.2, 0.25) is 0 Å². The van der Waals surface area contributed by atoms with Crippen molar-refractivity contribution in [2.45, 2.75) is 89.1 Å². The molecule has 2 amide bonds. The largest absolute Gasteiger partial charge is 0.481 e. The van der Waals surface area contributed by atoms with E-state index in [0.29, 0.717) is 25.7 Å². The molecule has 0 aromatic rings. The highest BCUT2D eigenvalue weighted by Crippen LogP contribution is 2.32. The van der Waals surface area contributed by atoms with Gasteiger partial charge in [-0.2, -0.15) is 0 Å². The van der Waals surface area contributed by atoms with Crippen LogP contribution in [0, 0.1) is 23.7 Å². The lowest BCUT2D eigenvalue weighted by atomic mass is 9.77. The summed E-state index contributed by atoms with van der Waals surface area (Å²) in [4.78, 5) is 48.9. The third kappa shape index (κ3) is 5.32. The Hall–Kier alpha value is -2.12.